The number of carbonyl (C=O) groups excluding carboxylic acids is 1. The van der Waals surface area contributed by atoms with Crippen molar-refractivity contribution in [2.45, 2.75) is 20.5 Å². The number of fused-ring (bicyclic) bond motifs is 1. The van der Waals surface area contributed by atoms with Gasteiger partial charge in [0, 0.05) is 37.3 Å². The summed E-state index contributed by atoms with van der Waals surface area (Å²) >= 11 is 0. The summed E-state index contributed by atoms with van der Waals surface area (Å²) in [6, 6.07) is 19.4. The van der Waals surface area contributed by atoms with Crippen molar-refractivity contribution < 1.29 is 9.18 Å². The number of carbonyl (C=O) groups is 1. The quantitative estimate of drug-likeness (QED) is 0.424. The Hall–Kier alpha value is -3.58. The van der Waals surface area contributed by atoms with Gasteiger partial charge in [0.15, 0.2) is 11.6 Å². The number of rotatable bonds is 5. The predicted molar refractivity (Wildman–Crippen MR) is 128 cm³/mol. The number of halogens is 1. The first kappa shape index (κ1) is 21.3. The van der Waals surface area contributed by atoms with Crippen LogP contribution in [0.4, 0.5) is 10.1 Å². The van der Waals surface area contributed by atoms with Crippen LogP contribution in [0.1, 0.15) is 23.1 Å². The number of ketones is 1. The molecular weight excluding hydrogens is 417 g/mol. The third-order valence-electron chi connectivity index (χ3n) is 6.19. The summed E-state index contributed by atoms with van der Waals surface area (Å²) in [6.07, 6.45) is 0. The van der Waals surface area contributed by atoms with Crippen molar-refractivity contribution in [3.63, 3.8) is 0 Å². The van der Waals surface area contributed by atoms with E-state index in [1.807, 2.05) is 28.6 Å². The van der Waals surface area contributed by atoms with Crippen LogP contribution in [0, 0.1) is 12.7 Å². The predicted octanol–water partition coefficient (Wildman–Crippen LogP) is 4.53. The van der Waals surface area contributed by atoms with Gasteiger partial charge in [-0.1, -0.05) is 36.4 Å². The molecule has 2 heterocycles. The van der Waals surface area contributed by atoms with Crippen LogP contribution in [0.15, 0.2) is 60.7 Å². The first-order valence-electron chi connectivity index (χ1n) is 11.2. The van der Waals surface area contributed by atoms with Gasteiger partial charge >= 0.3 is 0 Å². The summed E-state index contributed by atoms with van der Waals surface area (Å²) in [4.78, 5) is 20.5. The zero-order valence-corrected chi connectivity index (χ0v) is 18.8. The van der Waals surface area contributed by atoms with E-state index < -0.39 is 0 Å². The van der Waals surface area contributed by atoms with Crippen molar-refractivity contribution in [3.05, 3.63) is 77.9 Å². The van der Waals surface area contributed by atoms with E-state index in [-0.39, 0.29) is 11.6 Å². The van der Waals surface area contributed by atoms with Crippen LogP contribution in [0.2, 0.25) is 0 Å². The zero-order chi connectivity index (χ0) is 22.9. The fourth-order valence-corrected chi connectivity index (χ4v) is 4.40. The molecule has 0 spiro atoms. The molecule has 0 bridgehead atoms. The third-order valence-corrected chi connectivity index (χ3v) is 6.19. The Bertz CT molecular complexity index is 1320. The lowest BCUT2D eigenvalue weighted by molar-refractivity contribution is 0.101. The molecule has 3 aromatic carbocycles. The van der Waals surface area contributed by atoms with Crippen LogP contribution >= 0.6 is 0 Å². The standard InChI is InChI=1S/C26H26FN5O/c1-18(33)21-9-10-25(24(27)16-21)31-13-11-30(12-14-31)17-32-26(28-19(2)29-32)23-8-7-20-5-3-4-6-22(20)15-23/h3-10,15-16H,11-14,17H2,1-2H3. The molecule has 1 fully saturated rings. The highest BCUT2D eigenvalue weighted by molar-refractivity contribution is 5.94. The lowest BCUT2D eigenvalue weighted by Gasteiger charge is -2.36. The van der Waals surface area contributed by atoms with Crippen LogP contribution in [-0.4, -0.2) is 51.6 Å². The normalized spacial score (nSPS) is 14.7. The summed E-state index contributed by atoms with van der Waals surface area (Å²) in [5.41, 5.74) is 1.99. The molecule has 7 heteroatoms. The van der Waals surface area contributed by atoms with Gasteiger partial charge in [-0.15, -0.1) is 0 Å². The lowest BCUT2D eigenvalue weighted by atomic mass is 10.1. The number of benzene rings is 3. The van der Waals surface area contributed by atoms with Gasteiger partial charge in [0.25, 0.3) is 0 Å². The van der Waals surface area contributed by atoms with Gasteiger partial charge in [0.2, 0.25) is 0 Å². The number of hydrogen-bond donors (Lipinski definition) is 0. The number of anilines is 1. The molecule has 0 aliphatic carbocycles. The van der Waals surface area contributed by atoms with Crippen molar-refractivity contribution in [1.82, 2.24) is 19.7 Å². The van der Waals surface area contributed by atoms with E-state index >= 15 is 0 Å². The molecule has 5 rings (SSSR count). The number of aromatic nitrogens is 3. The lowest BCUT2D eigenvalue weighted by Crippen LogP contribution is -2.47. The number of hydrogen-bond acceptors (Lipinski definition) is 5. The maximum atomic E-state index is 14.6. The first-order valence-corrected chi connectivity index (χ1v) is 11.2. The average molecular weight is 444 g/mol. The van der Waals surface area contributed by atoms with Gasteiger partial charge < -0.3 is 4.90 Å². The third kappa shape index (κ3) is 4.36. The molecule has 1 aliphatic heterocycles. The fraction of sp³-hybridized carbons (Fsp3) is 0.269. The molecule has 33 heavy (non-hydrogen) atoms. The van der Waals surface area contributed by atoms with Crippen LogP contribution in [0.5, 0.6) is 0 Å². The first-order chi connectivity index (χ1) is 16.0. The van der Waals surface area contributed by atoms with E-state index in [9.17, 15) is 9.18 Å². The molecule has 0 N–H and O–H groups in total. The molecule has 0 radical (unpaired) electrons. The highest BCUT2D eigenvalue weighted by Gasteiger charge is 2.22. The maximum Gasteiger partial charge on any atom is 0.159 e. The molecular formula is C26H26FN5O. The Morgan fingerprint density at radius 3 is 2.45 bits per heavy atom. The highest BCUT2D eigenvalue weighted by Crippen LogP contribution is 2.25. The van der Waals surface area contributed by atoms with E-state index in [1.165, 1.54) is 23.8 Å². The summed E-state index contributed by atoms with van der Waals surface area (Å²) in [5.74, 6) is 1.12. The van der Waals surface area contributed by atoms with Crippen LogP contribution in [0.3, 0.4) is 0 Å². The Morgan fingerprint density at radius 1 is 0.970 bits per heavy atom. The SMILES string of the molecule is CC(=O)c1ccc(N2CCN(Cn3nc(C)nc3-c3ccc4ccccc4c3)CC2)c(F)c1. The monoisotopic (exact) mass is 443 g/mol. The molecule has 4 aromatic rings. The minimum atomic E-state index is -0.346. The summed E-state index contributed by atoms with van der Waals surface area (Å²) in [5, 5.41) is 7.01. The maximum absolute atomic E-state index is 14.6. The Morgan fingerprint density at radius 2 is 1.73 bits per heavy atom. The molecule has 6 nitrogen and oxygen atoms in total. The Labute approximate surface area is 192 Å². The largest absolute Gasteiger partial charge is 0.367 e. The molecule has 1 saturated heterocycles. The van der Waals surface area contributed by atoms with Gasteiger partial charge in [-0.05, 0) is 48.9 Å². The minimum absolute atomic E-state index is 0.129. The average Bonchev–Trinajstić information content (AvgIpc) is 3.19. The fourth-order valence-electron chi connectivity index (χ4n) is 4.40. The second-order valence-electron chi connectivity index (χ2n) is 8.51. The Balaban J connectivity index is 1.30. The van der Waals surface area contributed by atoms with Crippen LogP contribution in [0.25, 0.3) is 22.2 Å². The van der Waals surface area contributed by atoms with Crippen molar-refractivity contribution in [2.24, 2.45) is 0 Å². The van der Waals surface area contributed by atoms with E-state index in [2.05, 4.69) is 45.3 Å². The van der Waals surface area contributed by atoms with E-state index in [0.717, 1.165) is 30.3 Å². The van der Waals surface area contributed by atoms with E-state index in [0.29, 0.717) is 31.0 Å². The topological polar surface area (TPSA) is 54.3 Å². The smallest absolute Gasteiger partial charge is 0.159 e. The minimum Gasteiger partial charge on any atom is -0.367 e. The number of piperazine rings is 1. The summed E-state index contributed by atoms with van der Waals surface area (Å²) < 4.78 is 16.5. The molecule has 0 atom stereocenters. The van der Waals surface area contributed by atoms with Gasteiger partial charge in [-0.2, -0.15) is 5.10 Å². The molecule has 1 aromatic heterocycles. The van der Waals surface area contributed by atoms with Gasteiger partial charge in [-0.25, -0.2) is 14.1 Å². The van der Waals surface area contributed by atoms with Crippen LogP contribution in [-0.2, 0) is 6.67 Å². The molecule has 168 valence electrons. The molecule has 1 aliphatic rings. The molecule has 0 saturated carbocycles. The van der Waals surface area contributed by atoms with Crippen molar-refractivity contribution in [1.29, 1.82) is 0 Å². The van der Waals surface area contributed by atoms with Crippen molar-refractivity contribution >= 4 is 22.2 Å². The molecule has 0 amide bonds. The van der Waals surface area contributed by atoms with Crippen molar-refractivity contribution in [2.75, 3.05) is 31.1 Å². The van der Waals surface area contributed by atoms with E-state index in [4.69, 9.17) is 0 Å². The summed E-state index contributed by atoms with van der Waals surface area (Å²) in [7, 11) is 0. The van der Waals surface area contributed by atoms with Gasteiger partial charge in [0.05, 0.1) is 12.4 Å². The van der Waals surface area contributed by atoms with Crippen LogP contribution < -0.4 is 4.90 Å². The number of nitrogens with zero attached hydrogens (tertiary/aromatic N) is 5. The second-order valence-corrected chi connectivity index (χ2v) is 8.51. The van der Waals surface area contributed by atoms with Gasteiger partial charge in [-0.3, -0.25) is 9.69 Å². The molecule has 0 unspecified atom stereocenters. The number of aryl methyl sites for hydroxylation is 1. The Kier molecular flexibility index (Phi) is 5.64. The second kappa shape index (κ2) is 8.75. The van der Waals surface area contributed by atoms with Crippen molar-refractivity contribution in [3.8, 4) is 11.4 Å². The number of Topliss-reactive ketones (excluding diaryl/α,β-unsaturated/α-hetero) is 1. The van der Waals surface area contributed by atoms with E-state index in [1.54, 1.807) is 12.1 Å². The highest BCUT2D eigenvalue weighted by atomic mass is 19.1. The zero-order valence-electron chi connectivity index (χ0n) is 18.8. The van der Waals surface area contributed by atoms with Gasteiger partial charge in [0.1, 0.15) is 11.6 Å². The summed E-state index contributed by atoms with van der Waals surface area (Å²) in [6.45, 7) is 6.96.